The third kappa shape index (κ3) is 16.1. The molecule has 8 rings (SSSR count). The van der Waals surface area contributed by atoms with Gasteiger partial charge in [-0.05, 0) is 145 Å². The normalized spacial score (nSPS) is 13.8. The van der Waals surface area contributed by atoms with E-state index < -0.39 is 100 Å². The Kier molecular flexibility index (Phi) is 20.3. The number of nitrogens with two attached hydrogens (primary N) is 1. The number of unbranched alkanes of at least 4 members (excludes halogenated alkanes) is 1. The summed E-state index contributed by atoms with van der Waals surface area (Å²) >= 11 is 9.92. The van der Waals surface area contributed by atoms with Crippen LogP contribution in [0.1, 0.15) is 92.4 Å². The van der Waals surface area contributed by atoms with E-state index in [1.165, 1.54) is 55.5 Å². The maximum atomic E-state index is 13.7. The fourth-order valence-corrected chi connectivity index (χ4v) is 11.4. The Morgan fingerprint density at radius 3 is 1.91 bits per heavy atom. The molecule has 5 aromatic carbocycles. The Labute approximate surface area is 514 Å². The molecule has 4 atom stereocenters. The summed E-state index contributed by atoms with van der Waals surface area (Å²) in [6.07, 6.45) is -0.831. The van der Waals surface area contributed by atoms with Gasteiger partial charge in [-0.25, -0.2) is 27.9 Å². The first-order chi connectivity index (χ1) is 41.4. The molecule has 0 fully saturated rings. The average molecular weight is 1310 g/mol. The van der Waals surface area contributed by atoms with Crippen LogP contribution in [-0.4, -0.2) is 119 Å². The molecule has 452 valence electrons. The lowest BCUT2D eigenvalue weighted by atomic mass is 9.77. The number of fused-ring (bicyclic) bond motifs is 6. The Balaban J connectivity index is 0.795. The smallest absolute Gasteiger partial charge is 0.340 e. The van der Waals surface area contributed by atoms with E-state index in [-0.39, 0.29) is 70.9 Å². The lowest BCUT2D eigenvalue weighted by molar-refractivity contribution is -0.144. The molecule has 1 aromatic heterocycles. The van der Waals surface area contributed by atoms with Crippen molar-refractivity contribution in [3.8, 4) is 34.8 Å². The Hall–Kier alpha value is -9.40. The molecule has 2 aliphatic rings. The van der Waals surface area contributed by atoms with Crippen LogP contribution in [0.5, 0.6) is 23.0 Å². The number of phenols is 2. The van der Waals surface area contributed by atoms with E-state index >= 15 is 0 Å². The fraction of sp³-hybridized carbons (Fsp3) is 0.237. The van der Waals surface area contributed by atoms with Crippen molar-refractivity contribution in [2.75, 3.05) is 18.4 Å². The standard InChI is InChI=1S/C59H55BrN8O16S3/c1-31(64-54(75)48-21-22-49(60)86-48)52(73)68-44(26-34-9-7-32(8-10-34)5-6-33-11-16-38(17-12-33)87(61,81)82)53(74)62-25-23-50(71)67-45(56(78)79)30-51(72)66-43(55(76)77)4-2-3-24-63-58(85)65-35-13-18-40-39(27-35)57(80)84-59(40)41-19-14-36(69)28-46(41)83-47-29-37(70)15-20-42(47)59/h7-22,27-29,31,43-45,69-70H,2-4,23-26,30H2,1H3,(H,62,74)(H,64,75)(H,66,72)(H,67,71)(H,68,73)(H,76,77)(H,78,79)(H2,61,81,82)(H2,63,65,85)/t31?,43-,44-,45-/m1/s1. The third-order valence-corrected chi connectivity index (χ3v) is 16.4. The number of thiocarbonyl (C=S) groups is 1. The highest BCUT2D eigenvalue weighted by atomic mass is 79.9. The van der Waals surface area contributed by atoms with Gasteiger partial charge in [0.1, 0.15) is 47.2 Å². The van der Waals surface area contributed by atoms with Gasteiger partial charge in [-0.15, -0.1) is 11.3 Å². The second-order valence-electron chi connectivity index (χ2n) is 19.9. The number of sulfonamides is 1. The van der Waals surface area contributed by atoms with Crippen LogP contribution in [0.4, 0.5) is 5.69 Å². The molecule has 24 nitrogen and oxygen atoms in total. The van der Waals surface area contributed by atoms with Crippen LogP contribution >= 0.6 is 39.5 Å². The molecular formula is C59H55BrN8O16S3. The third-order valence-electron chi connectivity index (χ3n) is 13.6. The average Bonchev–Trinajstić information content (AvgIpc) is 1.63. The Morgan fingerprint density at radius 1 is 0.701 bits per heavy atom. The number of phenolic OH excluding ortho intramolecular Hbond substituents is 2. The van der Waals surface area contributed by atoms with Crippen molar-refractivity contribution in [3.63, 3.8) is 0 Å². The van der Waals surface area contributed by atoms with Gasteiger partial charge in [-0.3, -0.25) is 24.0 Å². The minimum absolute atomic E-state index is 0.0651. The number of rotatable bonds is 23. The zero-order valence-electron chi connectivity index (χ0n) is 45.8. The van der Waals surface area contributed by atoms with Gasteiger partial charge < -0.3 is 67.1 Å². The summed E-state index contributed by atoms with van der Waals surface area (Å²) in [5.41, 5.74) is 2.23. The lowest BCUT2D eigenvalue weighted by Gasteiger charge is -2.36. The van der Waals surface area contributed by atoms with Crippen molar-refractivity contribution < 1.29 is 76.7 Å². The largest absolute Gasteiger partial charge is 0.508 e. The molecule has 0 saturated carbocycles. The molecule has 1 spiro atoms. The number of aliphatic carboxylic acids is 2. The first-order valence-corrected chi connectivity index (χ1v) is 30.1. The molecule has 6 aromatic rings. The number of halogens is 1. The van der Waals surface area contributed by atoms with Crippen molar-refractivity contribution in [1.29, 1.82) is 0 Å². The van der Waals surface area contributed by atoms with Crippen molar-refractivity contribution >= 4 is 108 Å². The highest BCUT2D eigenvalue weighted by Crippen LogP contribution is 2.57. The number of carbonyl (C=O) groups excluding carboxylic acids is 6. The quantitative estimate of drug-likeness (QED) is 0.0181. The molecule has 2 aliphatic heterocycles. The van der Waals surface area contributed by atoms with Crippen molar-refractivity contribution in [2.45, 2.75) is 80.1 Å². The number of benzene rings is 5. The van der Waals surface area contributed by atoms with Gasteiger partial charge in [0.05, 0.1) is 25.5 Å². The predicted molar refractivity (Wildman–Crippen MR) is 322 cm³/mol. The number of aromatic hydroxyl groups is 2. The number of carbonyl (C=O) groups is 8. The summed E-state index contributed by atoms with van der Waals surface area (Å²) in [5, 5.41) is 63.9. The van der Waals surface area contributed by atoms with Gasteiger partial charge in [0, 0.05) is 71.6 Å². The molecule has 0 radical (unpaired) electrons. The summed E-state index contributed by atoms with van der Waals surface area (Å²) in [4.78, 5) is 104. The topological polar surface area (TPSA) is 380 Å². The number of carboxylic acid groups (broad SMARTS) is 2. The van der Waals surface area contributed by atoms with Crippen LogP contribution in [0, 0.1) is 11.8 Å². The number of hydrogen-bond acceptors (Lipinski definition) is 16. The molecule has 87 heavy (non-hydrogen) atoms. The second-order valence-corrected chi connectivity index (χ2v) is 24.3. The number of ether oxygens (including phenoxy) is 2. The van der Waals surface area contributed by atoms with Crippen LogP contribution < -0.4 is 47.1 Å². The number of anilines is 1. The van der Waals surface area contributed by atoms with Gasteiger partial charge in [0.2, 0.25) is 33.7 Å². The predicted octanol–water partition coefficient (Wildman–Crippen LogP) is 4.57. The maximum Gasteiger partial charge on any atom is 0.340 e. The Bertz CT molecular complexity index is 3840. The summed E-state index contributed by atoms with van der Waals surface area (Å²) < 4.78 is 36.0. The molecule has 0 aliphatic carbocycles. The number of hydrogen-bond donors (Lipinski definition) is 12. The van der Waals surface area contributed by atoms with E-state index in [9.17, 15) is 67.2 Å². The minimum Gasteiger partial charge on any atom is -0.508 e. The van der Waals surface area contributed by atoms with Crippen molar-refractivity contribution in [2.24, 2.45) is 5.14 Å². The number of amides is 5. The van der Waals surface area contributed by atoms with Crippen LogP contribution in [0.2, 0.25) is 0 Å². The zero-order chi connectivity index (χ0) is 62.7. The van der Waals surface area contributed by atoms with Gasteiger partial charge in [0.25, 0.3) is 5.91 Å². The molecule has 0 saturated heterocycles. The fourth-order valence-electron chi connectivity index (χ4n) is 9.33. The van der Waals surface area contributed by atoms with Crippen molar-refractivity contribution in [3.05, 3.63) is 163 Å². The maximum absolute atomic E-state index is 13.7. The minimum atomic E-state index is -3.88. The number of nitrogens with one attached hydrogen (secondary N) is 7. The van der Waals surface area contributed by atoms with E-state index in [4.69, 9.17) is 26.8 Å². The van der Waals surface area contributed by atoms with Crippen LogP contribution in [0.15, 0.2) is 124 Å². The van der Waals surface area contributed by atoms with Crippen LogP contribution in [0.25, 0.3) is 0 Å². The number of primary sulfonamides is 1. The molecular weight excluding hydrogens is 1250 g/mol. The monoisotopic (exact) mass is 1310 g/mol. The molecule has 5 amide bonds. The molecule has 0 bridgehead atoms. The lowest BCUT2D eigenvalue weighted by Crippen LogP contribution is -2.54. The second kappa shape index (κ2) is 27.8. The molecule has 13 N–H and O–H groups in total. The van der Waals surface area contributed by atoms with Crippen LogP contribution in [0.3, 0.4) is 0 Å². The summed E-state index contributed by atoms with van der Waals surface area (Å²) in [6.45, 7) is 1.33. The first kappa shape index (κ1) is 63.6. The molecule has 28 heteroatoms. The summed E-state index contributed by atoms with van der Waals surface area (Å²) in [7, 11) is -3.88. The summed E-state index contributed by atoms with van der Waals surface area (Å²) in [5.74, 6) is -1.33. The van der Waals surface area contributed by atoms with Gasteiger partial charge in [-0.1, -0.05) is 30.0 Å². The highest BCUT2D eigenvalue weighted by Gasteiger charge is 2.54. The van der Waals surface area contributed by atoms with Crippen molar-refractivity contribution in [1.82, 2.24) is 31.9 Å². The van der Waals surface area contributed by atoms with Crippen LogP contribution in [-0.2, 0) is 55.5 Å². The van der Waals surface area contributed by atoms with Gasteiger partial charge in [-0.2, -0.15) is 0 Å². The number of carboxylic acids is 2. The van der Waals surface area contributed by atoms with Gasteiger partial charge in [0.15, 0.2) is 10.7 Å². The molecule has 3 heterocycles. The van der Waals surface area contributed by atoms with E-state index in [1.807, 2.05) is 0 Å². The number of thiophene rings is 1. The van der Waals surface area contributed by atoms with E-state index in [2.05, 4.69) is 65.0 Å². The zero-order valence-corrected chi connectivity index (χ0v) is 49.8. The Morgan fingerprint density at radius 2 is 1.31 bits per heavy atom. The first-order valence-electron chi connectivity index (χ1n) is 26.6. The van der Waals surface area contributed by atoms with E-state index in [0.29, 0.717) is 54.2 Å². The summed E-state index contributed by atoms with van der Waals surface area (Å²) in [6, 6.07) is 23.7. The van der Waals surface area contributed by atoms with Gasteiger partial charge >= 0.3 is 17.9 Å². The number of esters is 1. The van der Waals surface area contributed by atoms with E-state index in [1.54, 1.807) is 66.7 Å². The molecule has 1 unspecified atom stereocenters. The van der Waals surface area contributed by atoms with E-state index in [0.717, 1.165) is 11.3 Å². The SMILES string of the molecule is CC(NC(=O)c1ccc(Br)s1)C(=O)N[C@H](Cc1ccc(C#Cc2ccc(S(N)(=O)=O)cc2)cc1)C(=O)NCCC(=O)N[C@H](CC(=O)N[C@H](CCCCNC(=S)Nc1ccc2c(c1)C(=O)OC21c2ccc(O)cc2Oc2cc(O)ccc21)C(=O)O)C(=O)O. The highest BCUT2D eigenvalue weighted by molar-refractivity contribution is 9.11.